The van der Waals surface area contributed by atoms with Crippen LogP contribution in [0.2, 0.25) is 0 Å². The summed E-state index contributed by atoms with van der Waals surface area (Å²) in [4.78, 5) is 10.3. The van der Waals surface area contributed by atoms with Crippen LogP contribution in [0.4, 0.5) is 10.3 Å². The highest BCUT2D eigenvalue weighted by Crippen LogP contribution is 2.33. The highest BCUT2D eigenvalue weighted by Gasteiger charge is 2.36. The Kier molecular flexibility index (Phi) is 3.10. The van der Waals surface area contributed by atoms with Gasteiger partial charge >= 0.3 is 0 Å². The molecule has 2 atom stereocenters. The molecule has 1 aromatic heterocycles. The lowest BCUT2D eigenvalue weighted by Gasteiger charge is -2.47. The van der Waals surface area contributed by atoms with Crippen LogP contribution in [0.15, 0.2) is 18.2 Å². The molecule has 3 heterocycles. The van der Waals surface area contributed by atoms with Crippen molar-refractivity contribution in [3.63, 3.8) is 0 Å². The van der Waals surface area contributed by atoms with Gasteiger partial charge in [0.2, 0.25) is 5.95 Å². The van der Waals surface area contributed by atoms with E-state index in [9.17, 15) is 4.39 Å². The molecule has 2 N–H and O–H groups in total. The molecule has 2 unspecified atom stereocenters. The predicted molar refractivity (Wildman–Crippen MR) is 81.9 cm³/mol. The average molecular weight is 288 g/mol. The Balaban J connectivity index is 1.52. The molecule has 4 rings (SSSR count). The predicted octanol–water partition coefficient (Wildman–Crippen LogP) is 3.13. The summed E-state index contributed by atoms with van der Waals surface area (Å²) in [5, 5.41) is 3.52. The van der Waals surface area contributed by atoms with Crippen LogP contribution in [0.25, 0.3) is 11.0 Å². The number of halogens is 1. The van der Waals surface area contributed by atoms with Gasteiger partial charge in [0.15, 0.2) is 0 Å². The summed E-state index contributed by atoms with van der Waals surface area (Å²) in [6.07, 6.45) is 6.29. The van der Waals surface area contributed by atoms with Crippen LogP contribution in [0.1, 0.15) is 32.1 Å². The van der Waals surface area contributed by atoms with E-state index in [-0.39, 0.29) is 5.82 Å². The van der Waals surface area contributed by atoms with Crippen molar-refractivity contribution in [2.75, 3.05) is 12.4 Å². The highest BCUT2D eigenvalue weighted by molar-refractivity contribution is 5.77. The second kappa shape index (κ2) is 4.98. The van der Waals surface area contributed by atoms with E-state index in [0.717, 1.165) is 17.0 Å². The van der Waals surface area contributed by atoms with Gasteiger partial charge in [-0.15, -0.1) is 0 Å². The SMILES string of the molecule is CN1C2CCCC1CC(Nc1nc3ccc(F)cc3[nH]1)C2. The molecule has 2 fully saturated rings. The van der Waals surface area contributed by atoms with Crippen molar-refractivity contribution in [3.8, 4) is 0 Å². The van der Waals surface area contributed by atoms with Crippen LogP contribution in [-0.4, -0.2) is 40.0 Å². The molecule has 0 amide bonds. The largest absolute Gasteiger partial charge is 0.353 e. The second-order valence-corrected chi connectivity index (χ2v) is 6.46. The van der Waals surface area contributed by atoms with Crippen molar-refractivity contribution in [1.82, 2.24) is 14.9 Å². The second-order valence-electron chi connectivity index (χ2n) is 6.46. The molecular formula is C16H21FN4. The van der Waals surface area contributed by atoms with E-state index >= 15 is 0 Å². The van der Waals surface area contributed by atoms with Gasteiger partial charge in [0.25, 0.3) is 0 Å². The highest BCUT2D eigenvalue weighted by atomic mass is 19.1. The van der Waals surface area contributed by atoms with Crippen LogP contribution in [-0.2, 0) is 0 Å². The summed E-state index contributed by atoms with van der Waals surface area (Å²) in [5.41, 5.74) is 1.57. The lowest BCUT2D eigenvalue weighted by atomic mass is 9.82. The third kappa shape index (κ3) is 2.39. The Morgan fingerprint density at radius 1 is 1.29 bits per heavy atom. The number of hydrogen-bond donors (Lipinski definition) is 2. The van der Waals surface area contributed by atoms with Crippen molar-refractivity contribution in [2.24, 2.45) is 0 Å². The lowest BCUT2D eigenvalue weighted by molar-refractivity contribution is 0.0607. The maximum Gasteiger partial charge on any atom is 0.201 e. The fourth-order valence-corrected chi connectivity index (χ4v) is 3.98. The zero-order valence-electron chi connectivity index (χ0n) is 12.3. The van der Waals surface area contributed by atoms with Crippen LogP contribution < -0.4 is 5.32 Å². The van der Waals surface area contributed by atoms with Gasteiger partial charge in [-0.1, -0.05) is 6.42 Å². The van der Waals surface area contributed by atoms with Crippen molar-refractivity contribution in [3.05, 3.63) is 24.0 Å². The molecule has 4 nitrogen and oxygen atoms in total. The molecule has 2 aliphatic rings. The maximum atomic E-state index is 13.2. The van der Waals surface area contributed by atoms with Crippen molar-refractivity contribution in [1.29, 1.82) is 0 Å². The van der Waals surface area contributed by atoms with Crippen LogP contribution in [0, 0.1) is 5.82 Å². The van der Waals surface area contributed by atoms with E-state index in [1.165, 1.54) is 44.2 Å². The first-order chi connectivity index (χ1) is 10.2. The van der Waals surface area contributed by atoms with Gasteiger partial charge in [0.05, 0.1) is 11.0 Å². The number of nitrogens with one attached hydrogen (secondary N) is 2. The molecule has 2 saturated heterocycles. The Morgan fingerprint density at radius 3 is 2.81 bits per heavy atom. The Bertz CT molecular complexity index is 639. The molecule has 0 spiro atoms. The fourth-order valence-electron chi connectivity index (χ4n) is 3.98. The summed E-state index contributed by atoms with van der Waals surface area (Å²) in [6, 6.07) is 6.51. The molecule has 5 heteroatoms. The summed E-state index contributed by atoms with van der Waals surface area (Å²) in [7, 11) is 2.26. The van der Waals surface area contributed by atoms with E-state index in [1.54, 1.807) is 6.07 Å². The number of benzene rings is 1. The van der Waals surface area contributed by atoms with Crippen molar-refractivity contribution in [2.45, 2.75) is 50.2 Å². The van der Waals surface area contributed by atoms with E-state index in [4.69, 9.17) is 0 Å². The van der Waals surface area contributed by atoms with Gasteiger partial charge in [0.1, 0.15) is 5.82 Å². The summed E-state index contributed by atoms with van der Waals surface area (Å²) in [5.74, 6) is 0.537. The fraction of sp³-hybridized carbons (Fsp3) is 0.562. The first-order valence-corrected chi connectivity index (χ1v) is 7.83. The zero-order valence-corrected chi connectivity index (χ0v) is 12.3. The number of anilines is 1. The first-order valence-electron chi connectivity index (χ1n) is 7.83. The topological polar surface area (TPSA) is 44.0 Å². The molecule has 2 aliphatic heterocycles. The molecule has 0 saturated carbocycles. The Morgan fingerprint density at radius 2 is 2.05 bits per heavy atom. The van der Waals surface area contributed by atoms with Crippen LogP contribution in [0.5, 0.6) is 0 Å². The van der Waals surface area contributed by atoms with Gasteiger partial charge in [-0.3, -0.25) is 0 Å². The Hall–Kier alpha value is -1.62. The third-order valence-corrected chi connectivity index (χ3v) is 5.12. The van der Waals surface area contributed by atoms with Gasteiger partial charge in [-0.05, 0) is 50.9 Å². The number of imidazole rings is 1. The molecule has 112 valence electrons. The average Bonchev–Trinajstić information content (AvgIpc) is 2.81. The van der Waals surface area contributed by atoms with E-state index in [2.05, 4.69) is 27.2 Å². The summed E-state index contributed by atoms with van der Waals surface area (Å²) >= 11 is 0. The number of fused-ring (bicyclic) bond motifs is 3. The standard InChI is InChI=1S/C16H21FN4/c1-21-12-3-2-4-13(21)9-11(8-12)18-16-19-14-6-5-10(17)7-15(14)20-16/h5-7,11-13H,2-4,8-9H2,1H3,(H2,18,19,20). The number of rotatable bonds is 2. The van der Waals surface area contributed by atoms with Crippen molar-refractivity contribution < 1.29 is 4.39 Å². The minimum atomic E-state index is -0.230. The number of hydrogen-bond acceptors (Lipinski definition) is 3. The number of H-pyrrole nitrogens is 1. The normalized spacial score (nSPS) is 29.7. The number of aromatic amines is 1. The molecule has 2 bridgehead atoms. The van der Waals surface area contributed by atoms with Crippen LogP contribution >= 0.6 is 0 Å². The van der Waals surface area contributed by atoms with Gasteiger partial charge in [-0.25, -0.2) is 9.37 Å². The number of nitrogens with zero attached hydrogens (tertiary/aromatic N) is 2. The molecule has 21 heavy (non-hydrogen) atoms. The molecule has 0 radical (unpaired) electrons. The first kappa shape index (κ1) is 13.1. The van der Waals surface area contributed by atoms with Gasteiger partial charge in [-0.2, -0.15) is 0 Å². The monoisotopic (exact) mass is 288 g/mol. The molecule has 0 aliphatic carbocycles. The lowest BCUT2D eigenvalue weighted by Crippen LogP contribution is -2.52. The molecule has 2 aromatic rings. The zero-order chi connectivity index (χ0) is 14.4. The molecular weight excluding hydrogens is 267 g/mol. The summed E-state index contributed by atoms with van der Waals surface area (Å²) < 4.78 is 13.2. The smallest absolute Gasteiger partial charge is 0.201 e. The van der Waals surface area contributed by atoms with Gasteiger partial charge < -0.3 is 15.2 Å². The number of aromatic nitrogens is 2. The maximum absolute atomic E-state index is 13.2. The van der Waals surface area contributed by atoms with E-state index < -0.39 is 0 Å². The molecule has 1 aromatic carbocycles. The summed E-state index contributed by atoms with van der Waals surface area (Å²) in [6.45, 7) is 0. The Labute approximate surface area is 123 Å². The minimum Gasteiger partial charge on any atom is -0.353 e. The van der Waals surface area contributed by atoms with E-state index in [1.807, 2.05) is 0 Å². The van der Waals surface area contributed by atoms with Crippen molar-refractivity contribution >= 4 is 17.0 Å². The third-order valence-electron chi connectivity index (χ3n) is 5.12. The van der Waals surface area contributed by atoms with Gasteiger partial charge in [0, 0.05) is 18.1 Å². The van der Waals surface area contributed by atoms with Crippen LogP contribution in [0.3, 0.4) is 0 Å². The van der Waals surface area contributed by atoms with E-state index in [0.29, 0.717) is 18.1 Å². The number of piperidine rings is 2. The minimum absolute atomic E-state index is 0.230. The quantitative estimate of drug-likeness (QED) is 0.892.